The minimum absolute atomic E-state index is 0. The molecule has 0 saturated heterocycles. The summed E-state index contributed by atoms with van der Waals surface area (Å²) in [6, 6.07) is 0. The molecule has 0 aliphatic rings. The van der Waals surface area contributed by atoms with Crippen molar-refractivity contribution in [3.63, 3.8) is 0 Å². The first-order valence-electron chi connectivity index (χ1n) is 1.03. The van der Waals surface area contributed by atoms with Gasteiger partial charge in [-0.25, -0.2) is 5.84 Å². The standard InChI is InChI=1S/CH5N3S.Na.H/c2-1(5)4-3;;/h3H2,(H3,2,4,5);;/q;+1;-1. The number of nitrogens with two attached hydrogens (primary N) is 2. The van der Waals surface area contributed by atoms with Gasteiger partial charge in [0, 0.05) is 0 Å². The van der Waals surface area contributed by atoms with Crippen LogP contribution in [0.1, 0.15) is 1.43 Å². The van der Waals surface area contributed by atoms with Crippen LogP contribution >= 0.6 is 12.2 Å². The van der Waals surface area contributed by atoms with Crippen molar-refractivity contribution in [1.82, 2.24) is 5.43 Å². The molecule has 0 fully saturated rings. The largest absolute Gasteiger partial charge is 1.00 e. The first kappa shape index (κ1) is 9.82. The Bertz CT molecular complexity index is 50.2. The molecular weight excluding hydrogens is 109 g/mol. The monoisotopic (exact) mass is 115 g/mol. The fourth-order valence-electron chi connectivity index (χ4n) is 0. The quantitative estimate of drug-likeness (QED) is 0.130. The number of hydrogen-bond donors (Lipinski definition) is 3. The average molecular weight is 115 g/mol. The Morgan fingerprint density at radius 2 is 2.00 bits per heavy atom. The van der Waals surface area contributed by atoms with E-state index in [0.717, 1.165) is 0 Å². The van der Waals surface area contributed by atoms with Gasteiger partial charge in [0.1, 0.15) is 0 Å². The molecule has 0 aliphatic heterocycles. The van der Waals surface area contributed by atoms with E-state index >= 15 is 0 Å². The second-order valence-corrected chi connectivity index (χ2v) is 0.948. The van der Waals surface area contributed by atoms with Crippen LogP contribution in [0, 0.1) is 0 Å². The van der Waals surface area contributed by atoms with Gasteiger partial charge in [-0.1, -0.05) is 0 Å². The van der Waals surface area contributed by atoms with E-state index in [0.29, 0.717) is 0 Å². The zero-order valence-corrected chi connectivity index (χ0v) is 6.38. The van der Waals surface area contributed by atoms with Crippen LogP contribution in [-0.2, 0) is 0 Å². The van der Waals surface area contributed by atoms with Gasteiger partial charge in [-0.2, -0.15) is 0 Å². The third-order valence-electron chi connectivity index (χ3n) is 0.142. The van der Waals surface area contributed by atoms with Crippen LogP contribution in [0.2, 0.25) is 0 Å². The molecule has 0 heterocycles. The van der Waals surface area contributed by atoms with Crippen molar-refractivity contribution in [3.8, 4) is 0 Å². The number of hydrazine groups is 1. The van der Waals surface area contributed by atoms with Crippen LogP contribution in [0.25, 0.3) is 0 Å². The third-order valence-corrected chi connectivity index (χ3v) is 0.260. The third kappa shape index (κ3) is 8.82. The molecule has 0 rings (SSSR count). The Kier molecular flexibility index (Phi) is 9.25. The number of rotatable bonds is 0. The smallest absolute Gasteiger partial charge is 1.00 e. The van der Waals surface area contributed by atoms with E-state index in [-0.39, 0.29) is 36.1 Å². The summed E-state index contributed by atoms with van der Waals surface area (Å²) < 4.78 is 0. The molecule has 0 amide bonds. The molecule has 0 aliphatic carbocycles. The molecule has 0 spiro atoms. The van der Waals surface area contributed by atoms with Gasteiger partial charge in [0.05, 0.1) is 0 Å². The molecule has 5 heteroatoms. The van der Waals surface area contributed by atoms with E-state index in [4.69, 9.17) is 5.73 Å². The summed E-state index contributed by atoms with van der Waals surface area (Å²) in [6.07, 6.45) is 0. The molecule has 0 aromatic carbocycles. The fraction of sp³-hybridized carbons (Fsp3) is 0. The van der Waals surface area contributed by atoms with Gasteiger partial charge in [0.25, 0.3) is 0 Å². The Morgan fingerprint density at radius 3 is 2.00 bits per heavy atom. The zero-order chi connectivity index (χ0) is 4.28. The second kappa shape index (κ2) is 5.65. The SMILES string of the molecule is NNC(N)=S.[H-].[Na+]. The van der Waals surface area contributed by atoms with Gasteiger partial charge in [0.15, 0.2) is 5.11 Å². The van der Waals surface area contributed by atoms with Crippen molar-refractivity contribution in [3.05, 3.63) is 0 Å². The van der Waals surface area contributed by atoms with Crippen LogP contribution in [-0.4, -0.2) is 5.11 Å². The molecule has 0 radical (unpaired) electrons. The summed E-state index contributed by atoms with van der Waals surface area (Å²) in [5.74, 6) is 4.66. The van der Waals surface area contributed by atoms with Crippen LogP contribution in [0.3, 0.4) is 0 Å². The molecule has 0 saturated carbocycles. The molecule has 32 valence electrons. The van der Waals surface area contributed by atoms with Crippen molar-refractivity contribution in [2.75, 3.05) is 0 Å². The number of hydrogen-bond acceptors (Lipinski definition) is 2. The van der Waals surface area contributed by atoms with Crippen LogP contribution in [0.15, 0.2) is 0 Å². The number of thiocarbonyl (C=S) groups is 1. The van der Waals surface area contributed by atoms with Gasteiger partial charge >= 0.3 is 29.6 Å². The molecule has 6 heavy (non-hydrogen) atoms. The Hall–Kier alpha value is 0.650. The van der Waals surface area contributed by atoms with Gasteiger partial charge in [0.2, 0.25) is 0 Å². The minimum atomic E-state index is 0. The van der Waals surface area contributed by atoms with Crippen molar-refractivity contribution >= 4 is 17.3 Å². The van der Waals surface area contributed by atoms with E-state index in [1.165, 1.54) is 0 Å². The van der Waals surface area contributed by atoms with E-state index < -0.39 is 0 Å². The van der Waals surface area contributed by atoms with E-state index in [1.54, 1.807) is 0 Å². The summed E-state index contributed by atoms with van der Waals surface area (Å²) in [4.78, 5) is 0. The van der Waals surface area contributed by atoms with Crippen LogP contribution in [0.4, 0.5) is 0 Å². The van der Waals surface area contributed by atoms with Gasteiger partial charge in [-0.3, -0.25) is 0 Å². The van der Waals surface area contributed by atoms with Gasteiger partial charge in [-0.15, -0.1) is 0 Å². The molecule has 0 bridgehead atoms. The molecule has 0 atom stereocenters. The first-order valence-corrected chi connectivity index (χ1v) is 1.44. The maximum absolute atomic E-state index is 4.79. The number of nitrogens with one attached hydrogen (secondary N) is 1. The maximum Gasteiger partial charge on any atom is 1.00 e. The van der Waals surface area contributed by atoms with Gasteiger partial charge < -0.3 is 12.6 Å². The summed E-state index contributed by atoms with van der Waals surface area (Å²) in [5.41, 5.74) is 6.82. The fourth-order valence-corrected chi connectivity index (χ4v) is 0. The normalized spacial score (nSPS) is 5.50. The predicted octanol–water partition coefficient (Wildman–Crippen LogP) is -4.19. The maximum atomic E-state index is 4.79. The summed E-state index contributed by atoms with van der Waals surface area (Å²) in [6.45, 7) is 0. The van der Waals surface area contributed by atoms with Crippen molar-refractivity contribution in [1.29, 1.82) is 0 Å². The minimum Gasteiger partial charge on any atom is -1.00 e. The second-order valence-electron chi connectivity index (χ2n) is 0.509. The molecule has 0 aromatic heterocycles. The Labute approximate surface area is 65.2 Å². The van der Waals surface area contributed by atoms with Crippen LogP contribution < -0.4 is 46.6 Å². The molecule has 0 unspecified atom stereocenters. The van der Waals surface area contributed by atoms with E-state index in [2.05, 4.69) is 18.1 Å². The van der Waals surface area contributed by atoms with Crippen LogP contribution in [0.5, 0.6) is 0 Å². The zero-order valence-electron chi connectivity index (χ0n) is 4.56. The average Bonchev–Trinajstić information content (AvgIpc) is 1.38. The van der Waals surface area contributed by atoms with Gasteiger partial charge in [-0.05, 0) is 12.2 Å². The molecular formula is CH6N3NaS. The van der Waals surface area contributed by atoms with Crippen molar-refractivity contribution in [2.45, 2.75) is 0 Å². The van der Waals surface area contributed by atoms with E-state index in [9.17, 15) is 0 Å². The molecule has 3 nitrogen and oxygen atoms in total. The summed E-state index contributed by atoms with van der Waals surface area (Å²) >= 11 is 4.24. The Balaban J connectivity index is -0.0000000800. The first-order chi connectivity index (χ1) is 2.27. The summed E-state index contributed by atoms with van der Waals surface area (Å²) in [5, 5.41) is 0.116. The van der Waals surface area contributed by atoms with E-state index in [1.807, 2.05) is 5.43 Å². The summed E-state index contributed by atoms with van der Waals surface area (Å²) in [7, 11) is 0. The Morgan fingerprint density at radius 1 is 1.83 bits per heavy atom. The topological polar surface area (TPSA) is 64.1 Å². The molecule has 5 N–H and O–H groups in total. The predicted molar refractivity (Wildman–Crippen MR) is 25.2 cm³/mol. The van der Waals surface area contributed by atoms with Crippen molar-refractivity contribution in [2.24, 2.45) is 11.6 Å². The molecule has 0 aromatic rings. The van der Waals surface area contributed by atoms with Crippen molar-refractivity contribution < 1.29 is 31.0 Å².